The first-order chi connectivity index (χ1) is 15.7. The number of anilines is 1. The van der Waals surface area contributed by atoms with Gasteiger partial charge in [-0.25, -0.2) is 16.8 Å². The van der Waals surface area contributed by atoms with Crippen molar-refractivity contribution in [3.05, 3.63) is 65.2 Å². The molecule has 1 saturated heterocycles. The first-order valence-corrected chi connectivity index (χ1v) is 13.7. The molecule has 1 amide bonds. The number of nitrogens with zero attached hydrogens (tertiary/aromatic N) is 4. The van der Waals surface area contributed by atoms with Crippen molar-refractivity contribution >= 4 is 54.0 Å². The van der Waals surface area contributed by atoms with Gasteiger partial charge in [-0.05, 0) is 24.3 Å². The van der Waals surface area contributed by atoms with Crippen LogP contribution in [0.3, 0.4) is 0 Å². The van der Waals surface area contributed by atoms with Crippen molar-refractivity contribution in [2.24, 2.45) is 0 Å². The maximum Gasteiger partial charge on any atom is 0.272 e. The summed E-state index contributed by atoms with van der Waals surface area (Å²) in [5.74, 6) is -0.541. The van der Waals surface area contributed by atoms with Gasteiger partial charge in [-0.3, -0.25) is 10.1 Å². The summed E-state index contributed by atoms with van der Waals surface area (Å²) >= 11 is 6.71. The standard InChI is InChI=1S/C19H18ClN5O5S3/c20-16-9-5-4-8-15(16)17(26)21-18-22-23-19(31-18)33(29,30)25-12-10-24(11-13-25)32(27,28)14-6-2-1-3-7-14/h1-9H,10-13H2,(H,21,22,26). The van der Waals surface area contributed by atoms with Gasteiger partial charge in [0, 0.05) is 26.2 Å². The molecule has 10 nitrogen and oxygen atoms in total. The second-order valence-electron chi connectivity index (χ2n) is 6.93. The normalized spacial score (nSPS) is 15.9. The molecular formula is C19H18ClN5O5S3. The molecule has 0 spiro atoms. The van der Waals surface area contributed by atoms with Crippen LogP contribution in [-0.4, -0.2) is 67.7 Å². The Labute approximate surface area is 199 Å². The van der Waals surface area contributed by atoms with Crippen molar-refractivity contribution in [1.29, 1.82) is 0 Å². The van der Waals surface area contributed by atoms with E-state index in [0.717, 1.165) is 4.31 Å². The largest absolute Gasteiger partial charge is 0.296 e. The number of sulfonamides is 2. The molecule has 33 heavy (non-hydrogen) atoms. The molecule has 0 aliphatic carbocycles. The maximum absolute atomic E-state index is 13.0. The van der Waals surface area contributed by atoms with Crippen LogP contribution in [0.2, 0.25) is 5.02 Å². The van der Waals surface area contributed by atoms with Crippen LogP contribution in [0.25, 0.3) is 0 Å². The van der Waals surface area contributed by atoms with E-state index in [4.69, 9.17) is 11.6 Å². The first kappa shape index (κ1) is 23.7. The molecule has 1 aliphatic rings. The number of rotatable bonds is 6. The maximum atomic E-state index is 13.0. The molecule has 1 aromatic heterocycles. The summed E-state index contributed by atoms with van der Waals surface area (Å²) in [5.41, 5.74) is 0.217. The molecule has 1 N–H and O–H groups in total. The quantitative estimate of drug-likeness (QED) is 0.486. The number of carbonyl (C=O) groups is 1. The van der Waals surface area contributed by atoms with Gasteiger partial charge in [0.25, 0.3) is 15.9 Å². The predicted octanol–water partition coefficient (Wildman–Crippen LogP) is 2.14. The van der Waals surface area contributed by atoms with Crippen molar-refractivity contribution in [2.45, 2.75) is 9.24 Å². The molecular weight excluding hydrogens is 510 g/mol. The molecule has 2 aromatic carbocycles. The second-order valence-corrected chi connectivity index (χ2v) is 12.4. The van der Waals surface area contributed by atoms with Crippen molar-refractivity contribution in [3.63, 3.8) is 0 Å². The number of benzene rings is 2. The molecule has 4 rings (SSSR count). The lowest BCUT2D eigenvalue weighted by atomic mass is 10.2. The van der Waals surface area contributed by atoms with Crippen LogP contribution in [-0.2, 0) is 20.0 Å². The highest BCUT2D eigenvalue weighted by Crippen LogP contribution is 2.26. The molecule has 1 aliphatic heterocycles. The molecule has 0 atom stereocenters. The average molecular weight is 528 g/mol. The van der Waals surface area contributed by atoms with E-state index in [9.17, 15) is 21.6 Å². The van der Waals surface area contributed by atoms with Crippen LogP contribution in [0, 0.1) is 0 Å². The zero-order chi connectivity index (χ0) is 23.6. The lowest BCUT2D eigenvalue weighted by Crippen LogP contribution is -2.50. The Morgan fingerprint density at radius 1 is 0.848 bits per heavy atom. The summed E-state index contributed by atoms with van der Waals surface area (Å²) in [4.78, 5) is 12.5. The lowest BCUT2D eigenvalue weighted by molar-refractivity contribution is 0.102. The van der Waals surface area contributed by atoms with Gasteiger partial charge in [0.2, 0.25) is 19.5 Å². The third-order valence-electron chi connectivity index (χ3n) is 4.88. The lowest BCUT2D eigenvalue weighted by Gasteiger charge is -2.32. The summed E-state index contributed by atoms with van der Waals surface area (Å²) in [5, 5.41) is 10.2. The number of piperazine rings is 1. The van der Waals surface area contributed by atoms with Gasteiger partial charge in [-0.2, -0.15) is 8.61 Å². The Bertz CT molecular complexity index is 1370. The highest BCUT2D eigenvalue weighted by molar-refractivity contribution is 7.91. The number of hydrogen-bond donors (Lipinski definition) is 1. The minimum absolute atomic E-state index is 0.00351. The monoisotopic (exact) mass is 527 g/mol. The van der Waals surface area contributed by atoms with Crippen molar-refractivity contribution < 1.29 is 21.6 Å². The van der Waals surface area contributed by atoms with Crippen molar-refractivity contribution in [3.8, 4) is 0 Å². The SMILES string of the molecule is O=C(Nc1nnc(S(=O)(=O)N2CCN(S(=O)(=O)c3ccccc3)CC2)s1)c1ccccc1Cl. The van der Waals surface area contributed by atoms with Gasteiger partial charge in [0.05, 0.1) is 15.5 Å². The molecule has 0 radical (unpaired) electrons. The molecule has 0 saturated carbocycles. The van der Waals surface area contributed by atoms with Gasteiger partial charge >= 0.3 is 0 Å². The smallest absolute Gasteiger partial charge is 0.272 e. The zero-order valence-corrected chi connectivity index (χ0v) is 20.2. The van der Waals surface area contributed by atoms with Crippen LogP contribution < -0.4 is 5.32 Å². The number of carbonyl (C=O) groups excluding carboxylic acids is 1. The van der Waals surface area contributed by atoms with Crippen LogP contribution in [0.1, 0.15) is 10.4 Å². The molecule has 2 heterocycles. The van der Waals surface area contributed by atoms with E-state index in [1.807, 2.05) is 0 Å². The van der Waals surface area contributed by atoms with Crippen LogP contribution in [0.15, 0.2) is 63.8 Å². The van der Waals surface area contributed by atoms with Crippen molar-refractivity contribution in [1.82, 2.24) is 18.8 Å². The summed E-state index contributed by atoms with van der Waals surface area (Å²) < 4.78 is 53.6. The summed E-state index contributed by atoms with van der Waals surface area (Å²) in [6.07, 6.45) is 0. The third kappa shape index (κ3) is 4.93. The number of amides is 1. The van der Waals surface area contributed by atoms with Gasteiger partial charge in [-0.15, -0.1) is 10.2 Å². The molecule has 1 fully saturated rings. The fourth-order valence-corrected chi connectivity index (χ4v) is 7.30. The number of nitrogens with one attached hydrogen (secondary N) is 1. The van der Waals surface area contributed by atoms with Crippen LogP contribution in [0.4, 0.5) is 5.13 Å². The van der Waals surface area contributed by atoms with Crippen LogP contribution >= 0.6 is 22.9 Å². The molecule has 14 heteroatoms. The molecule has 3 aromatic rings. The van der Waals surface area contributed by atoms with Gasteiger partial charge in [0.1, 0.15) is 0 Å². The summed E-state index contributed by atoms with van der Waals surface area (Å²) in [6, 6.07) is 14.4. The predicted molar refractivity (Wildman–Crippen MR) is 123 cm³/mol. The topological polar surface area (TPSA) is 130 Å². The Morgan fingerprint density at radius 2 is 1.42 bits per heavy atom. The summed E-state index contributed by atoms with van der Waals surface area (Å²) in [7, 11) is -7.71. The third-order valence-corrected chi connectivity index (χ3v) is 10.2. The van der Waals surface area contributed by atoms with E-state index >= 15 is 0 Å². The molecule has 174 valence electrons. The number of aromatic nitrogens is 2. The second kappa shape index (κ2) is 9.44. The Morgan fingerprint density at radius 3 is 2.06 bits per heavy atom. The highest BCUT2D eigenvalue weighted by atomic mass is 35.5. The number of hydrogen-bond acceptors (Lipinski definition) is 8. The van der Waals surface area contributed by atoms with E-state index in [1.54, 1.807) is 36.4 Å². The van der Waals surface area contributed by atoms with Crippen molar-refractivity contribution in [2.75, 3.05) is 31.5 Å². The zero-order valence-electron chi connectivity index (χ0n) is 17.0. The average Bonchev–Trinajstić information content (AvgIpc) is 3.29. The van der Waals surface area contributed by atoms with E-state index in [-0.39, 0.29) is 51.1 Å². The minimum atomic E-state index is -4.00. The van der Waals surface area contributed by atoms with E-state index in [0.29, 0.717) is 11.3 Å². The Hall–Kier alpha value is -2.42. The fourth-order valence-electron chi connectivity index (χ4n) is 3.18. The fraction of sp³-hybridized carbons (Fsp3) is 0.211. The Kier molecular flexibility index (Phi) is 6.79. The Balaban J connectivity index is 1.43. The van der Waals surface area contributed by atoms with Gasteiger partial charge < -0.3 is 0 Å². The van der Waals surface area contributed by atoms with E-state index in [1.165, 1.54) is 22.5 Å². The number of halogens is 1. The molecule has 0 unspecified atom stereocenters. The van der Waals surface area contributed by atoms with E-state index < -0.39 is 26.0 Å². The molecule has 0 bridgehead atoms. The summed E-state index contributed by atoms with van der Waals surface area (Å²) in [6.45, 7) is -0.0543. The van der Waals surface area contributed by atoms with Gasteiger partial charge in [-0.1, -0.05) is 53.3 Å². The first-order valence-electron chi connectivity index (χ1n) is 9.64. The highest BCUT2D eigenvalue weighted by Gasteiger charge is 2.35. The van der Waals surface area contributed by atoms with Crippen LogP contribution in [0.5, 0.6) is 0 Å². The minimum Gasteiger partial charge on any atom is -0.296 e. The van der Waals surface area contributed by atoms with E-state index in [2.05, 4.69) is 15.5 Å². The van der Waals surface area contributed by atoms with Gasteiger partial charge in [0.15, 0.2) is 0 Å².